The molecule has 9 heteroatoms. The number of fused-ring (bicyclic) bond motifs is 1. The highest BCUT2D eigenvalue weighted by Crippen LogP contribution is 2.24. The van der Waals surface area contributed by atoms with Crippen LogP contribution in [0.2, 0.25) is 0 Å². The molecule has 1 aliphatic heterocycles. The molecule has 142 valence electrons. The van der Waals surface area contributed by atoms with Crippen LogP contribution in [0.25, 0.3) is 11.2 Å². The number of imidazole rings is 1. The molecule has 1 aliphatic rings. The van der Waals surface area contributed by atoms with Crippen LogP contribution in [0.3, 0.4) is 0 Å². The summed E-state index contributed by atoms with van der Waals surface area (Å²) in [5.74, 6) is 0.551. The molecule has 3 aromatic rings. The number of aryl methyl sites for hydroxylation is 1. The van der Waals surface area contributed by atoms with Crippen molar-refractivity contribution in [2.45, 2.75) is 12.6 Å². The fourth-order valence-electron chi connectivity index (χ4n) is 3.35. The minimum absolute atomic E-state index is 0.147. The number of aliphatic hydroxyl groups is 1. The number of hydrogen-bond acceptors (Lipinski definition) is 6. The van der Waals surface area contributed by atoms with Crippen molar-refractivity contribution >= 4 is 17.1 Å². The average molecular weight is 371 g/mol. The van der Waals surface area contributed by atoms with Crippen LogP contribution in [0.5, 0.6) is 0 Å². The Hall–Kier alpha value is -2.91. The molecular formula is C18H21N5O4. The van der Waals surface area contributed by atoms with Gasteiger partial charge in [0.2, 0.25) is 5.95 Å². The molecule has 1 fully saturated rings. The van der Waals surface area contributed by atoms with E-state index in [1.165, 1.54) is 4.57 Å². The van der Waals surface area contributed by atoms with Gasteiger partial charge in [-0.1, -0.05) is 30.3 Å². The summed E-state index contributed by atoms with van der Waals surface area (Å²) in [4.78, 5) is 33.4. The van der Waals surface area contributed by atoms with Crippen molar-refractivity contribution in [3.63, 3.8) is 0 Å². The van der Waals surface area contributed by atoms with E-state index in [2.05, 4.69) is 9.97 Å². The van der Waals surface area contributed by atoms with Crippen molar-refractivity contribution in [2.24, 2.45) is 7.05 Å². The van der Waals surface area contributed by atoms with Gasteiger partial charge in [-0.3, -0.25) is 14.3 Å². The van der Waals surface area contributed by atoms with Crippen molar-refractivity contribution in [3.05, 3.63) is 56.7 Å². The summed E-state index contributed by atoms with van der Waals surface area (Å²) in [6.07, 6.45) is -0.819. The van der Waals surface area contributed by atoms with Crippen LogP contribution in [0.1, 0.15) is 11.7 Å². The standard InChI is InChI=1S/C18H21N5O4/c1-21-15-14(16(25)20-18(21)26)23(11-13(24)12-5-3-2-4-6-12)17(19-15)22-7-9-27-10-8-22/h2-6,13,24H,7-11H2,1H3,(H,20,25,26)/t13-/m0/s1. The molecule has 1 atom stereocenters. The molecule has 27 heavy (non-hydrogen) atoms. The summed E-state index contributed by atoms with van der Waals surface area (Å²) in [6.45, 7) is 2.50. The Morgan fingerprint density at radius 3 is 2.63 bits per heavy atom. The largest absolute Gasteiger partial charge is 0.387 e. The van der Waals surface area contributed by atoms with Crippen molar-refractivity contribution in [3.8, 4) is 0 Å². The summed E-state index contributed by atoms with van der Waals surface area (Å²) in [5, 5.41) is 10.7. The van der Waals surface area contributed by atoms with Crippen LogP contribution < -0.4 is 16.1 Å². The molecule has 0 bridgehead atoms. The average Bonchev–Trinajstić information content (AvgIpc) is 3.07. The second-order valence-electron chi connectivity index (χ2n) is 6.54. The molecule has 0 aliphatic carbocycles. The quantitative estimate of drug-likeness (QED) is 0.669. The Morgan fingerprint density at radius 1 is 1.22 bits per heavy atom. The minimum atomic E-state index is -0.819. The second kappa shape index (κ2) is 7.01. The zero-order valence-corrected chi connectivity index (χ0v) is 15.0. The first-order chi connectivity index (χ1) is 13.1. The maximum Gasteiger partial charge on any atom is 0.329 e. The molecule has 0 saturated carbocycles. The van der Waals surface area contributed by atoms with E-state index in [1.807, 2.05) is 35.2 Å². The number of rotatable bonds is 4. The Balaban J connectivity index is 1.86. The van der Waals surface area contributed by atoms with Gasteiger partial charge in [-0.05, 0) is 5.56 Å². The first-order valence-electron chi connectivity index (χ1n) is 8.81. The molecule has 0 radical (unpaired) electrons. The number of ether oxygens (including phenoxy) is 1. The normalized spacial score (nSPS) is 16.0. The number of anilines is 1. The van der Waals surface area contributed by atoms with E-state index in [9.17, 15) is 14.7 Å². The summed E-state index contributed by atoms with van der Waals surface area (Å²) in [7, 11) is 1.56. The van der Waals surface area contributed by atoms with Gasteiger partial charge >= 0.3 is 5.69 Å². The summed E-state index contributed by atoms with van der Waals surface area (Å²) in [5.41, 5.74) is 0.280. The number of nitrogens with one attached hydrogen (secondary N) is 1. The maximum absolute atomic E-state index is 12.5. The number of benzene rings is 1. The lowest BCUT2D eigenvalue weighted by atomic mass is 10.1. The van der Waals surface area contributed by atoms with Gasteiger partial charge in [0.1, 0.15) is 0 Å². The van der Waals surface area contributed by atoms with Crippen molar-refractivity contribution in [1.82, 2.24) is 19.1 Å². The first-order valence-corrected chi connectivity index (χ1v) is 8.81. The lowest BCUT2D eigenvalue weighted by Crippen LogP contribution is -2.38. The highest BCUT2D eigenvalue weighted by molar-refractivity contribution is 5.74. The van der Waals surface area contributed by atoms with E-state index in [4.69, 9.17) is 4.74 Å². The smallest absolute Gasteiger partial charge is 0.329 e. The van der Waals surface area contributed by atoms with Gasteiger partial charge in [-0.2, -0.15) is 4.98 Å². The van der Waals surface area contributed by atoms with E-state index < -0.39 is 17.4 Å². The van der Waals surface area contributed by atoms with Crippen LogP contribution in [0, 0.1) is 0 Å². The predicted molar refractivity (Wildman–Crippen MR) is 100 cm³/mol. The Kier molecular flexibility index (Phi) is 4.54. The monoisotopic (exact) mass is 371 g/mol. The molecule has 1 saturated heterocycles. The molecule has 3 heterocycles. The van der Waals surface area contributed by atoms with Gasteiger partial charge in [0.15, 0.2) is 11.2 Å². The van der Waals surface area contributed by atoms with Gasteiger partial charge in [-0.25, -0.2) is 4.79 Å². The van der Waals surface area contributed by atoms with E-state index in [0.717, 1.165) is 5.56 Å². The molecule has 4 rings (SSSR count). The number of aromatic amines is 1. The van der Waals surface area contributed by atoms with Crippen LogP contribution in [0.15, 0.2) is 39.9 Å². The van der Waals surface area contributed by atoms with Crippen LogP contribution >= 0.6 is 0 Å². The van der Waals surface area contributed by atoms with Crippen molar-refractivity contribution < 1.29 is 9.84 Å². The molecule has 1 aromatic carbocycles. The van der Waals surface area contributed by atoms with Gasteiger partial charge in [-0.15, -0.1) is 0 Å². The Labute approximate surface area is 154 Å². The Morgan fingerprint density at radius 2 is 1.93 bits per heavy atom. The van der Waals surface area contributed by atoms with Crippen molar-refractivity contribution in [1.29, 1.82) is 0 Å². The molecule has 9 nitrogen and oxygen atoms in total. The zero-order chi connectivity index (χ0) is 19.0. The second-order valence-corrected chi connectivity index (χ2v) is 6.54. The zero-order valence-electron chi connectivity index (χ0n) is 15.0. The molecule has 2 N–H and O–H groups in total. The number of hydrogen-bond donors (Lipinski definition) is 2. The maximum atomic E-state index is 12.5. The number of morpholine rings is 1. The number of nitrogens with zero attached hydrogens (tertiary/aromatic N) is 4. The minimum Gasteiger partial charge on any atom is -0.387 e. The lowest BCUT2D eigenvalue weighted by Gasteiger charge is -2.28. The molecule has 0 amide bonds. The number of aliphatic hydroxyl groups excluding tert-OH is 1. The van der Waals surface area contributed by atoms with E-state index in [1.54, 1.807) is 11.6 Å². The summed E-state index contributed by atoms with van der Waals surface area (Å²) < 4.78 is 8.40. The van der Waals surface area contributed by atoms with Crippen molar-refractivity contribution in [2.75, 3.05) is 31.2 Å². The fraction of sp³-hybridized carbons (Fsp3) is 0.389. The molecular weight excluding hydrogens is 350 g/mol. The SMILES string of the molecule is Cn1c(=O)[nH]c(=O)c2c1nc(N1CCOCC1)n2C[C@H](O)c1ccccc1. The third kappa shape index (κ3) is 3.15. The highest BCUT2D eigenvalue weighted by Gasteiger charge is 2.24. The fourth-order valence-corrected chi connectivity index (χ4v) is 3.35. The third-order valence-electron chi connectivity index (χ3n) is 4.82. The molecule has 0 unspecified atom stereocenters. The van der Waals surface area contributed by atoms with Gasteiger partial charge in [0.05, 0.1) is 25.9 Å². The Bertz CT molecular complexity index is 1060. The van der Waals surface area contributed by atoms with Crippen LogP contribution in [-0.4, -0.2) is 50.5 Å². The highest BCUT2D eigenvalue weighted by atomic mass is 16.5. The number of H-pyrrole nitrogens is 1. The van der Waals surface area contributed by atoms with E-state index in [0.29, 0.717) is 37.9 Å². The van der Waals surface area contributed by atoms with Gasteiger partial charge in [0, 0.05) is 20.1 Å². The van der Waals surface area contributed by atoms with E-state index in [-0.39, 0.29) is 12.1 Å². The van der Waals surface area contributed by atoms with Crippen LogP contribution in [0.4, 0.5) is 5.95 Å². The first kappa shape index (κ1) is 17.5. The summed E-state index contributed by atoms with van der Waals surface area (Å²) >= 11 is 0. The van der Waals surface area contributed by atoms with Gasteiger partial charge in [0.25, 0.3) is 5.56 Å². The molecule has 0 spiro atoms. The third-order valence-corrected chi connectivity index (χ3v) is 4.82. The van der Waals surface area contributed by atoms with Gasteiger partial charge < -0.3 is 19.3 Å². The lowest BCUT2D eigenvalue weighted by molar-refractivity contribution is 0.120. The van der Waals surface area contributed by atoms with Crippen LogP contribution in [-0.2, 0) is 18.3 Å². The topological polar surface area (TPSA) is 105 Å². The predicted octanol–water partition coefficient (Wildman–Crippen LogP) is -0.00650. The summed E-state index contributed by atoms with van der Waals surface area (Å²) in [6, 6.07) is 9.24. The van der Waals surface area contributed by atoms with E-state index >= 15 is 0 Å². The number of aromatic nitrogens is 4. The molecule has 2 aromatic heterocycles.